The smallest absolute Gasteiger partial charge is 0.239 e. The molecular weight excluding hydrogens is 316 g/mol. The normalized spacial score (nSPS) is 13.2. The van der Waals surface area contributed by atoms with Crippen molar-refractivity contribution < 1.29 is 4.79 Å². The van der Waals surface area contributed by atoms with Crippen LogP contribution < -0.4 is 11.1 Å². The Morgan fingerprint density at radius 2 is 2.11 bits per heavy atom. The van der Waals surface area contributed by atoms with Crippen LogP contribution in [-0.2, 0) is 4.79 Å². The fraction of sp³-hybridized carbons (Fsp3) is 0.462. The number of anilines is 1. The molecule has 1 unspecified atom stereocenters. The van der Waals surface area contributed by atoms with Crippen molar-refractivity contribution in [2.24, 2.45) is 11.1 Å². The van der Waals surface area contributed by atoms with Gasteiger partial charge in [-0.15, -0.1) is 0 Å². The van der Waals surface area contributed by atoms with E-state index in [-0.39, 0.29) is 11.3 Å². The zero-order valence-corrected chi connectivity index (χ0v) is 13.1. The lowest BCUT2D eigenvalue weighted by atomic mass is 9.88. The van der Waals surface area contributed by atoms with E-state index < -0.39 is 6.04 Å². The number of rotatable bonds is 4. The lowest BCUT2D eigenvalue weighted by Crippen LogP contribution is -2.38. The van der Waals surface area contributed by atoms with Gasteiger partial charge in [0.25, 0.3) is 0 Å². The first kappa shape index (κ1) is 15.3. The predicted octanol–water partition coefficient (Wildman–Crippen LogP) is 3.80. The van der Waals surface area contributed by atoms with E-state index in [2.05, 4.69) is 42.0 Å². The van der Waals surface area contributed by atoms with Crippen molar-refractivity contribution >= 4 is 39.1 Å². The molecule has 0 aromatic heterocycles. The van der Waals surface area contributed by atoms with E-state index in [4.69, 9.17) is 17.3 Å². The van der Waals surface area contributed by atoms with Gasteiger partial charge in [-0.3, -0.25) is 4.79 Å². The second-order valence-electron chi connectivity index (χ2n) is 5.49. The van der Waals surface area contributed by atoms with Crippen LogP contribution in [0, 0.1) is 5.41 Å². The first-order chi connectivity index (χ1) is 8.19. The Morgan fingerprint density at radius 3 is 2.56 bits per heavy atom. The first-order valence-electron chi connectivity index (χ1n) is 5.70. The average Bonchev–Trinajstić information content (AvgIpc) is 2.20. The second kappa shape index (κ2) is 5.93. The van der Waals surface area contributed by atoms with Gasteiger partial charge >= 0.3 is 0 Å². The van der Waals surface area contributed by atoms with E-state index in [9.17, 15) is 4.79 Å². The Hall–Kier alpha value is -0.740. The number of halogens is 2. The molecule has 3 N–H and O–H groups in total. The molecule has 0 aliphatic heterocycles. The van der Waals surface area contributed by atoms with Crippen molar-refractivity contribution in [1.29, 1.82) is 0 Å². The van der Waals surface area contributed by atoms with Crippen molar-refractivity contribution in [2.75, 3.05) is 5.32 Å². The number of carbonyl (C=O) groups is 1. The van der Waals surface area contributed by atoms with E-state index in [1.54, 1.807) is 6.07 Å². The van der Waals surface area contributed by atoms with Gasteiger partial charge in [-0.25, -0.2) is 0 Å². The monoisotopic (exact) mass is 332 g/mol. The van der Waals surface area contributed by atoms with Gasteiger partial charge in [0.1, 0.15) is 6.04 Å². The quantitative estimate of drug-likeness (QED) is 0.880. The van der Waals surface area contributed by atoms with Gasteiger partial charge in [0, 0.05) is 10.2 Å². The Kier molecular flexibility index (Phi) is 5.05. The van der Waals surface area contributed by atoms with Gasteiger partial charge in [0.05, 0.1) is 5.02 Å². The second-order valence-corrected chi connectivity index (χ2v) is 6.75. The largest absolute Gasteiger partial charge is 0.374 e. The van der Waals surface area contributed by atoms with Crippen LogP contribution in [-0.4, -0.2) is 11.9 Å². The number of hydrogen-bond acceptors (Lipinski definition) is 2. The Labute approximate surface area is 121 Å². The van der Waals surface area contributed by atoms with Crippen LogP contribution in [0.5, 0.6) is 0 Å². The molecule has 1 atom stereocenters. The van der Waals surface area contributed by atoms with Gasteiger partial charge in [-0.1, -0.05) is 32.4 Å². The summed E-state index contributed by atoms with van der Waals surface area (Å²) in [7, 11) is 0. The highest BCUT2D eigenvalue weighted by molar-refractivity contribution is 9.10. The summed E-state index contributed by atoms with van der Waals surface area (Å²) in [5.74, 6) is -0.351. The number of amides is 1. The SMILES string of the molecule is CC(C)(C)CC(Nc1ccc(Cl)c(Br)c1)C(N)=O. The molecule has 0 radical (unpaired) electrons. The molecule has 18 heavy (non-hydrogen) atoms. The molecule has 0 saturated heterocycles. The standard InChI is InChI=1S/C13H18BrClN2O/c1-13(2,3)7-11(12(16)18)17-8-4-5-10(15)9(14)6-8/h4-6,11,17H,7H2,1-3H3,(H2,16,18). The van der Waals surface area contributed by atoms with E-state index in [1.165, 1.54) is 0 Å². The molecule has 100 valence electrons. The maximum atomic E-state index is 11.5. The van der Waals surface area contributed by atoms with Crippen molar-refractivity contribution in [1.82, 2.24) is 0 Å². The van der Waals surface area contributed by atoms with Crippen LogP contribution in [0.1, 0.15) is 27.2 Å². The molecule has 1 aromatic carbocycles. The number of nitrogens with one attached hydrogen (secondary N) is 1. The summed E-state index contributed by atoms with van der Waals surface area (Å²) >= 11 is 9.27. The number of carbonyl (C=O) groups excluding carboxylic acids is 1. The molecule has 0 aliphatic rings. The summed E-state index contributed by atoms with van der Waals surface area (Å²) in [5.41, 5.74) is 6.26. The highest BCUT2D eigenvalue weighted by Gasteiger charge is 2.23. The van der Waals surface area contributed by atoms with Crippen molar-refractivity contribution in [3.05, 3.63) is 27.7 Å². The molecule has 3 nitrogen and oxygen atoms in total. The molecular formula is C13H18BrClN2O. The maximum Gasteiger partial charge on any atom is 0.239 e. The molecule has 0 heterocycles. The molecule has 1 amide bonds. The van der Waals surface area contributed by atoms with E-state index in [0.717, 1.165) is 10.2 Å². The van der Waals surface area contributed by atoms with Crippen molar-refractivity contribution in [2.45, 2.75) is 33.2 Å². The van der Waals surface area contributed by atoms with Gasteiger partial charge in [0.2, 0.25) is 5.91 Å². The van der Waals surface area contributed by atoms with Crippen LogP contribution in [0.15, 0.2) is 22.7 Å². The third kappa shape index (κ3) is 4.86. The minimum absolute atomic E-state index is 0.0242. The molecule has 5 heteroatoms. The van der Waals surface area contributed by atoms with E-state index in [0.29, 0.717) is 11.4 Å². The van der Waals surface area contributed by atoms with Gasteiger partial charge in [-0.2, -0.15) is 0 Å². The number of nitrogens with two attached hydrogens (primary N) is 1. The fourth-order valence-electron chi connectivity index (χ4n) is 1.62. The number of hydrogen-bond donors (Lipinski definition) is 2. The van der Waals surface area contributed by atoms with Crippen LogP contribution >= 0.6 is 27.5 Å². The Morgan fingerprint density at radius 1 is 1.50 bits per heavy atom. The maximum absolute atomic E-state index is 11.5. The van der Waals surface area contributed by atoms with Gasteiger partial charge in [-0.05, 0) is 46.0 Å². The van der Waals surface area contributed by atoms with E-state index >= 15 is 0 Å². The van der Waals surface area contributed by atoms with Crippen LogP contribution in [0.2, 0.25) is 5.02 Å². The first-order valence-corrected chi connectivity index (χ1v) is 6.87. The van der Waals surface area contributed by atoms with Crippen molar-refractivity contribution in [3.8, 4) is 0 Å². The molecule has 0 bridgehead atoms. The number of primary amides is 1. The minimum atomic E-state index is -0.391. The molecule has 1 aromatic rings. The molecule has 1 rings (SSSR count). The number of benzene rings is 1. The van der Waals surface area contributed by atoms with Gasteiger partial charge in [0.15, 0.2) is 0 Å². The molecule has 0 fully saturated rings. The highest BCUT2D eigenvalue weighted by atomic mass is 79.9. The molecule has 0 aliphatic carbocycles. The summed E-state index contributed by atoms with van der Waals surface area (Å²) in [6.45, 7) is 6.22. The lowest BCUT2D eigenvalue weighted by Gasteiger charge is -2.25. The van der Waals surface area contributed by atoms with Crippen molar-refractivity contribution in [3.63, 3.8) is 0 Å². The van der Waals surface area contributed by atoms with Crippen LogP contribution in [0.3, 0.4) is 0 Å². The fourth-order valence-corrected chi connectivity index (χ4v) is 2.12. The average molecular weight is 334 g/mol. The molecule has 0 saturated carbocycles. The lowest BCUT2D eigenvalue weighted by molar-refractivity contribution is -0.119. The van der Waals surface area contributed by atoms with Crippen LogP contribution in [0.4, 0.5) is 5.69 Å². The van der Waals surface area contributed by atoms with E-state index in [1.807, 2.05) is 12.1 Å². The van der Waals surface area contributed by atoms with Gasteiger partial charge < -0.3 is 11.1 Å². The van der Waals surface area contributed by atoms with Crippen LogP contribution in [0.25, 0.3) is 0 Å². The highest BCUT2D eigenvalue weighted by Crippen LogP contribution is 2.27. The third-order valence-electron chi connectivity index (χ3n) is 2.42. The summed E-state index contributed by atoms with van der Waals surface area (Å²) < 4.78 is 0.785. The summed E-state index contributed by atoms with van der Waals surface area (Å²) in [5, 5.41) is 3.77. The summed E-state index contributed by atoms with van der Waals surface area (Å²) in [6.07, 6.45) is 0.669. The predicted molar refractivity (Wildman–Crippen MR) is 79.8 cm³/mol. The minimum Gasteiger partial charge on any atom is -0.374 e. The third-order valence-corrected chi connectivity index (χ3v) is 3.63. The molecule has 0 spiro atoms. The Balaban J connectivity index is 2.83. The Bertz CT molecular complexity index is 443. The summed E-state index contributed by atoms with van der Waals surface area (Å²) in [4.78, 5) is 11.5. The zero-order chi connectivity index (χ0) is 13.9. The summed E-state index contributed by atoms with van der Waals surface area (Å²) in [6, 6.07) is 5.04. The zero-order valence-electron chi connectivity index (χ0n) is 10.8. The topological polar surface area (TPSA) is 55.1 Å².